The third kappa shape index (κ3) is 4.85. The van der Waals surface area contributed by atoms with Gasteiger partial charge >= 0.3 is 0 Å². The fourth-order valence-electron chi connectivity index (χ4n) is 1.04. The highest BCUT2D eigenvalue weighted by molar-refractivity contribution is 9.10. The summed E-state index contributed by atoms with van der Waals surface area (Å²) in [5.41, 5.74) is 8.47. The van der Waals surface area contributed by atoms with Crippen LogP contribution >= 0.6 is 28.1 Å². The number of thiocarbonyl (C=S) groups is 1. The Balaban J connectivity index is 2.87. The van der Waals surface area contributed by atoms with E-state index >= 15 is 0 Å². The highest BCUT2D eigenvalue weighted by Crippen LogP contribution is 2.21. The van der Waals surface area contributed by atoms with Crippen LogP contribution in [-0.4, -0.2) is 17.9 Å². The molecule has 4 nitrogen and oxygen atoms in total. The molecule has 1 aromatic carbocycles. The fraction of sp³-hybridized carbons (Fsp3) is 0.0909. The Morgan fingerprint density at radius 3 is 3.12 bits per heavy atom. The topological polar surface area (TPSA) is 59.6 Å². The third-order valence-corrected chi connectivity index (χ3v) is 2.25. The van der Waals surface area contributed by atoms with Crippen LogP contribution in [0.2, 0.25) is 0 Å². The SMILES string of the molecule is C#CCOc1ccc(Br)cc1/C=N\NC(N)=S. The molecule has 1 aromatic rings. The number of halogens is 1. The summed E-state index contributed by atoms with van der Waals surface area (Å²) in [5, 5.41) is 3.96. The molecule has 0 amide bonds. The largest absolute Gasteiger partial charge is 0.480 e. The van der Waals surface area contributed by atoms with Crippen LogP contribution in [0.25, 0.3) is 0 Å². The zero-order valence-electron chi connectivity index (χ0n) is 8.81. The lowest BCUT2D eigenvalue weighted by atomic mass is 10.2. The fourth-order valence-corrected chi connectivity index (χ4v) is 1.47. The Kier molecular flexibility index (Phi) is 5.46. The van der Waals surface area contributed by atoms with Gasteiger partial charge in [-0.2, -0.15) is 5.10 Å². The molecule has 6 heteroatoms. The van der Waals surface area contributed by atoms with Crippen LogP contribution in [-0.2, 0) is 0 Å². The first kappa shape index (κ1) is 13.5. The molecule has 0 heterocycles. The molecule has 3 N–H and O–H groups in total. The number of nitrogens with one attached hydrogen (secondary N) is 1. The molecule has 0 unspecified atom stereocenters. The van der Waals surface area contributed by atoms with Gasteiger partial charge in [-0.3, -0.25) is 5.43 Å². The van der Waals surface area contributed by atoms with E-state index in [-0.39, 0.29) is 11.7 Å². The van der Waals surface area contributed by atoms with Gasteiger partial charge < -0.3 is 10.5 Å². The van der Waals surface area contributed by atoms with Crippen molar-refractivity contribution in [3.63, 3.8) is 0 Å². The van der Waals surface area contributed by atoms with Crippen molar-refractivity contribution in [2.24, 2.45) is 10.8 Å². The molecule has 0 aliphatic rings. The van der Waals surface area contributed by atoms with Crippen molar-refractivity contribution in [2.45, 2.75) is 0 Å². The quantitative estimate of drug-likeness (QED) is 0.384. The number of ether oxygens (including phenoxy) is 1. The van der Waals surface area contributed by atoms with Crippen molar-refractivity contribution >= 4 is 39.5 Å². The Hall–Kier alpha value is -1.58. The van der Waals surface area contributed by atoms with E-state index in [4.69, 9.17) is 16.9 Å². The summed E-state index contributed by atoms with van der Waals surface area (Å²) in [6.45, 7) is 0.200. The van der Waals surface area contributed by atoms with E-state index in [2.05, 4.69) is 44.6 Å². The molecule has 0 bridgehead atoms. The molecular weight excluding hydrogens is 302 g/mol. The lowest BCUT2D eigenvalue weighted by Crippen LogP contribution is -2.24. The van der Waals surface area contributed by atoms with E-state index in [1.807, 2.05) is 12.1 Å². The van der Waals surface area contributed by atoms with Crippen molar-refractivity contribution in [1.29, 1.82) is 0 Å². The smallest absolute Gasteiger partial charge is 0.184 e. The number of hydrogen-bond acceptors (Lipinski definition) is 3. The maximum atomic E-state index is 5.36. The summed E-state index contributed by atoms with van der Waals surface area (Å²) in [7, 11) is 0. The van der Waals surface area contributed by atoms with Crippen molar-refractivity contribution < 1.29 is 4.74 Å². The second kappa shape index (κ2) is 6.89. The number of nitrogens with two attached hydrogens (primary N) is 1. The first-order valence-electron chi connectivity index (χ1n) is 4.58. The summed E-state index contributed by atoms with van der Waals surface area (Å²) < 4.78 is 6.26. The molecule has 0 saturated heterocycles. The minimum atomic E-state index is 0.0994. The molecule has 17 heavy (non-hydrogen) atoms. The van der Waals surface area contributed by atoms with Gasteiger partial charge in [0.05, 0.1) is 6.21 Å². The van der Waals surface area contributed by atoms with Gasteiger partial charge in [0, 0.05) is 10.0 Å². The van der Waals surface area contributed by atoms with Crippen LogP contribution in [0.4, 0.5) is 0 Å². The molecule has 0 spiro atoms. The maximum absolute atomic E-state index is 5.36. The molecule has 88 valence electrons. The van der Waals surface area contributed by atoms with E-state index < -0.39 is 0 Å². The Labute approximate surface area is 113 Å². The van der Waals surface area contributed by atoms with Crippen molar-refractivity contribution in [3.8, 4) is 18.1 Å². The number of hydrogen-bond donors (Lipinski definition) is 2. The summed E-state index contributed by atoms with van der Waals surface area (Å²) in [5.74, 6) is 3.04. The molecule has 0 aliphatic carbocycles. The molecule has 0 aliphatic heterocycles. The average Bonchev–Trinajstić information content (AvgIpc) is 2.27. The van der Waals surface area contributed by atoms with Gasteiger partial charge in [-0.15, -0.1) is 6.42 Å². The zero-order valence-corrected chi connectivity index (χ0v) is 11.2. The monoisotopic (exact) mass is 311 g/mol. The highest BCUT2D eigenvalue weighted by Gasteiger charge is 2.01. The average molecular weight is 312 g/mol. The van der Waals surface area contributed by atoms with Crippen molar-refractivity contribution in [2.75, 3.05) is 6.61 Å². The van der Waals surface area contributed by atoms with Crippen LogP contribution in [0, 0.1) is 12.3 Å². The van der Waals surface area contributed by atoms with E-state index in [0.29, 0.717) is 5.75 Å². The molecule has 1 rings (SSSR count). The minimum absolute atomic E-state index is 0.0994. The Morgan fingerprint density at radius 1 is 1.71 bits per heavy atom. The standard InChI is InChI=1S/C11H10BrN3OS/c1-2-5-16-10-4-3-9(12)6-8(10)7-14-15-11(13)17/h1,3-4,6-7H,5H2,(H3,13,15,17)/b14-7-. The van der Waals surface area contributed by atoms with Crippen LogP contribution < -0.4 is 15.9 Å². The predicted molar refractivity (Wildman–Crippen MR) is 76.0 cm³/mol. The lowest BCUT2D eigenvalue weighted by molar-refractivity contribution is 0.370. The molecule has 0 aromatic heterocycles. The van der Waals surface area contributed by atoms with E-state index in [0.717, 1.165) is 10.0 Å². The van der Waals surface area contributed by atoms with Gasteiger partial charge in [0.15, 0.2) is 5.11 Å². The summed E-state index contributed by atoms with van der Waals surface area (Å²) in [4.78, 5) is 0. The van der Waals surface area contributed by atoms with Crippen molar-refractivity contribution in [3.05, 3.63) is 28.2 Å². The van der Waals surface area contributed by atoms with Crippen LogP contribution in [0.3, 0.4) is 0 Å². The van der Waals surface area contributed by atoms with E-state index in [9.17, 15) is 0 Å². The zero-order chi connectivity index (χ0) is 12.7. The molecule has 0 fully saturated rings. The van der Waals surface area contributed by atoms with Crippen LogP contribution in [0.1, 0.15) is 5.56 Å². The maximum Gasteiger partial charge on any atom is 0.184 e. The van der Waals surface area contributed by atoms with E-state index in [1.54, 1.807) is 12.3 Å². The van der Waals surface area contributed by atoms with Gasteiger partial charge in [-0.1, -0.05) is 21.9 Å². The highest BCUT2D eigenvalue weighted by atomic mass is 79.9. The number of benzene rings is 1. The number of terminal acetylenes is 1. The van der Waals surface area contributed by atoms with Gasteiger partial charge in [-0.25, -0.2) is 0 Å². The third-order valence-electron chi connectivity index (χ3n) is 1.66. The molecule has 0 radical (unpaired) electrons. The number of nitrogens with zero attached hydrogens (tertiary/aromatic N) is 1. The van der Waals surface area contributed by atoms with Crippen molar-refractivity contribution in [1.82, 2.24) is 5.43 Å². The Morgan fingerprint density at radius 2 is 2.47 bits per heavy atom. The number of rotatable bonds is 4. The summed E-state index contributed by atoms with van der Waals surface area (Å²) in [6, 6.07) is 5.49. The summed E-state index contributed by atoms with van der Waals surface area (Å²) >= 11 is 7.98. The first-order valence-corrected chi connectivity index (χ1v) is 5.78. The first-order chi connectivity index (χ1) is 8.13. The normalized spacial score (nSPS) is 9.88. The molecule has 0 atom stereocenters. The van der Waals surface area contributed by atoms with Crippen LogP contribution in [0.5, 0.6) is 5.75 Å². The van der Waals surface area contributed by atoms with E-state index in [1.165, 1.54) is 0 Å². The van der Waals surface area contributed by atoms with Gasteiger partial charge in [0.2, 0.25) is 0 Å². The minimum Gasteiger partial charge on any atom is -0.480 e. The Bertz CT molecular complexity index is 482. The lowest BCUT2D eigenvalue weighted by Gasteiger charge is -2.06. The number of hydrazone groups is 1. The van der Waals surface area contributed by atoms with Gasteiger partial charge in [-0.05, 0) is 30.4 Å². The van der Waals surface area contributed by atoms with Crippen LogP contribution in [0.15, 0.2) is 27.8 Å². The second-order valence-electron chi connectivity index (χ2n) is 2.91. The molecule has 0 saturated carbocycles. The summed E-state index contributed by atoms with van der Waals surface area (Å²) in [6.07, 6.45) is 6.68. The van der Waals surface area contributed by atoms with Gasteiger partial charge in [0.1, 0.15) is 12.4 Å². The second-order valence-corrected chi connectivity index (χ2v) is 4.26. The molecular formula is C11H10BrN3OS. The van der Waals surface area contributed by atoms with Gasteiger partial charge in [0.25, 0.3) is 0 Å². The predicted octanol–water partition coefficient (Wildman–Crippen LogP) is 1.63.